The van der Waals surface area contributed by atoms with E-state index in [0.717, 1.165) is 12.8 Å². The Balaban J connectivity index is 1.92. The van der Waals surface area contributed by atoms with Crippen molar-refractivity contribution in [3.63, 3.8) is 0 Å². The van der Waals surface area contributed by atoms with Gasteiger partial charge in [-0.05, 0) is 63.1 Å². The Morgan fingerprint density at radius 1 is 1.05 bits per heavy atom. The zero-order valence-electron chi connectivity index (χ0n) is 12.4. The number of rotatable bonds is 6. The Kier molecular flexibility index (Phi) is 5.65. The third kappa shape index (κ3) is 4.50. The van der Waals surface area contributed by atoms with Crippen molar-refractivity contribution in [1.82, 2.24) is 5.32 Å². The van der Waals surface area contributed by atoms with Gasteiger partial charge in [-0.2, -0.15) is 0 Å². The van der Waals surface area contributed by atoms with Crippen molar-refractivity contribution in [2.45, 2.75) is 57.9 Å². The SMILES string of the molecule is CCc1ccc(CC(CC2=CCCCC2)NC)cc1. The van der Waals surface area contributed by atoms with Gasteiger partial charge in [0.2, 0.25) is 0 Å². The van der Waals surface area contributed by atoms with Crippen LogP contribution >= 0.6 is 0 Å². The summed E-state index contributed by atoms with van der Waals surface area (Å²) in [5, 5.41) is 3.49. The predicted molar refractivity (Wildman–Crippen MR) is 83.5 cm³/mol. The lowest BCUT2D eigenvalue weighted by Crippen LogP contribution is -2.28. The van der Waals surface area contributed by atoms with Crippen LogP contribution in [0.2, 0.25) is 0 Å². The van der Waals surface area contributed by atoms with Crippen LogP contribution in [0.1, 0.15) is 50.2 Å². The van der Waals surface area contributed by atoms with Gasteiger partial charge in [0.15, 0.2) is 0 Å². The standard InChI is InChI=1S/C18H27N/c1-3-15-9-11-17(12-10-15)14-18(19-2)13-16-7-5-4-6-8-16/h7,9-12,18-19H,3-6,8,13-14H2,1-2H3. The van der Waals surface area contributed by atoms with E-state index in [2.05, 4.69) is 49.6 Å². The number of aryl methyl sites for hydroxylation is 1. The van der Waals surface area contributed by atoms with Gasteiger partial charge in [0.1, 0.15) is 0 Å². The summed E-state index contributed by atoms with van der Waals surface area (Å²) in [4.78, 5) is 0. The molecular formula is C18H27N. The normalized spacial score (nSPS) is 17.1. The molecule has 19 heavy (non-hydrogen) atoms. The van der Waals surface area contributed by atoms with Crippen LogP contribution < -0.4 is 5.32 Å². The summed E-state index contributed by atoms with van der Waals surface area (Å²) in [6.45, 7) is 2.21. The van der Waals surface area contributed by atoms with E-state index in [4.69, 9.17) is 0 Å². The van der Waals surface area contributed by atoms with E-state index in [1.165, 1.54) is 43.2 Å². The van der Waals surface area contributed by atoms with Crippen LogP contribution in [0.15, 0.2) is 35.9 Å². The van der Waals surface area contributed by atoms with Crippen molar-refractivity contribution in [1.29, 1.82) is 0 Å². The van der Waals surface area contributed by atoms with Crippen LogP contribution in [0.3, 0.4) is 0 Å². The summed E-state index contributed by atoms with van der Waals surface area (Å²) in [6.07, 6.45) is 11.3. The minimum absolute atomic E-state index is 0.580. The molecule has 0 spiro atoms. The van der Waals surface area contributed by atoms with Crippen molar-refractivity contribution in [2.24, 2.45) is 0 Å². The second-order valence-corrected chi connectivity index (χ2v) is 5.67. The van der Waals surface area contributed by atoms with Crippen molar-refractivity contribution in [3.05, 3.63) is 47.0 Å². The highest BCUT2D eigenvalue weighted by molar-refractivity contribution is 5.23. The van der Waals surface area contributed by atoms with Crippen molar-refractivity contribution < 1.29 is 0 Å². The second-order valence-electron chi connectivity index (χ2n) is 5.67. The second kappa shape index (κ2) is 7.49. The first-order valence-electron chi connectivity index (χ1n) is 7.74. The Morgan fingerprint density at radius 2 is 1.79 bits per heavy atom. The molecule has 0 bridgehead atoms. The number of benzene rings is 1. The molecule has 1 atom stereocenters. The largest absolute Gasteiger partial charge is 0.316 e. The van der Waals surface area contributed by atoms with Crippen molar-refractivity contribution >= 4 is 0 Å². The lowest BCUT2D eigenvalue weighted by molar-refractivity contribution is 0.532. The van der Waals surface area contributed by atoms with E-state index in [1.54, 1.807) is 5.57 Å². The third-order valence-electron chi connectivity index (χ3n) is 4.22. The molecule has 0 heterocycles. The highest BCUT2D eigenvalue weighted by Crippen LogP contribution is 2.22. The predicted octanol–water partition coefficient (Wildman–Crippen LogP) is 4.27. The van der Waals surface area contributed by atoms with Crippen LogP contribution in [-0.4, -0.2) is 13.1 Å². The summed E-state index contributed by atoms with van der Waals surface area (Å²) in [7, 11) is 2.09. The van der Waals surface area contributed by atoms with Gasteiger partial charge in [-0.1, -0.05) is 42.8 Å². The molecule has 1 aliphatic carbocycles. The van der Waals surface area contributed by atoms with E-state index >= 15 is 0 Å². The molecule has 0 aliphatic heterocycles. The fourth-order valence-corrected chi connectivity index (χ4v) is 2.88. The third-order valence-corrected chi connectivity index (χ3v) is 4.22. The zero-order chi connectivity index (χ0) is 13.5. The highest BCUT2D eigenvalue weighted by atomic mass is 14.9. The van der Waals surface area contributed by atoms with Gasteiger partial charge in [-0.15, -0.1) is 0 Å². The van der Waals surface area contributed by atoms with Gasteiger partial charge >= 0.3 is 0 Å². The molecule has 0 saturated carbocycles. The zero-order valence-corrected chi connectivity index (χ0v) is 12.4. The van der Waals surface area contributed by atoms with Crippen LogP contribution in [0.5, 0.6) is 0 Å². The monoisotopic (exact) mass is 257 g/mol. The quantitative estimate of drug-likeness (QED) is 0.750. The van der Waals surface area contributed by atoms with E-state index in [9.17, 15) is 0 Å². The number of likely N-dealkylation sites (N-methyl/N-ethyl adjacent to an activating group) is 1. The average molecular weight is 257 g/mol. The Labute approximate surface area is 118 Å². The molecule has 0 radical (unpaired) electrons. The molecule has 1 aromatic rings. The maximum atomic E-state index is 3.49. The summed E-state index contributed by atoms with van der Waals surface area (Å²) >= 11 is 0. The van der Waals surface area contributed by atoms with Crippen LogP contribution in [0.25, 0.3) is 0 Å². The maximum absolute atomic E-state index is 3.49. The Morgan fingerprint density at radius 3 is 2.37 bits per heavy atom. The molecule has 1 aliphatic rings. The molecule has 0 fully saturated rings. The first-order chi connectivity index (χ1) is 9.31. The molecule has 0 amide bonds. The molecule has 1 nitrogen and oxygen atoms in total. The van der Waals surface area contributed by atoms with Gasteiger partial charge < -0.3 is 5.32 Å². The fraction of sp³-hybridized carbons (Fsp3) is 0.556. The molecule has 104 valence electrons. The van der Waals surface area contributed by atoms with Crippen LogP contribution in [-0.2, 0) is 12.8 Å². The topological polar surface area (TPSA) is 12.0 Å². The van der Waals surface area contributed by atoms with Crippen LogP contribution in [0, 0.1) is 0 Å². The van der Waals surface area contributed by atoms with Crippen molar-refractivity contribution in [2.75, 3.05) is 7.05 Å². The molecular weight excluding hydrogens is 230 g/mol. The van der Waals surface area contributed by atoms with Gasteiger partial charge in [-0.3, -0.25) is 0 Å². The smallest absolute Gasteiger partial charge is 0.0142 e. The van der Waals surface area contributed by atoms with Crippen LogP contribution in [0.4, 0.5) is 0 Å². The molecule has 0 saturated heterocycles. The average Bonchev–Trinajstić information content (AvgIpc) is 2.48. The fourth-order valence-electron chi connectivity index (χ4n) is 2.88. The van der Waals surface area contributed by atoms with E-state index < -0.39 is 0 Å². The first kappa shape index (κ1) is 14.3. The maximum Gasteiger partial charge on any atom is 0.0142 e. The lowest BCUT2D eigenvalue weighted by Gasteiger charge is -2.20. The summed E-state index contributed by atoms with van der Waals surface area (Å²) in [5.41, 5.74) is 4.54. The number of hydrogen-bond donors (Lipinski definition) is 1. The van der Waals surface area contributed by atoms with E-state index in [-0.39, 0.29) is 0 Å². The van der Waals surface area contributed by atoms with E-state index in [0.29, 0.717) is 6.04 Å². The minimum Gasteiger partial charge on any atom is -0.316 e. The molecule has 1 N–H and O–H groups in total. The molecule has 1 unspecified atom stereocenters. The van der Waals surface area contributed by atoms with Gasteiger partial charge in [0.05, 0.1) is 0 Å². The Hall–Kier alpha value is -1.08. The van der Waals surface area contributed by atoms with Gasteiger partial charge in [-0.25, -0.2) is 0 Å². The number of hydrogen-bond acceptors (Lipinski definition) is 1. The van der Waals surface area contributed by atoms with Gasteiger partial charge in [0.25, 0.3) is 0 Å². The minimum atomic E-state index is 0.580. The highest BCUT2D eigenvalue weighted by Gasteiger charge is 2.12. The van der Waals surface area contributed by atoms with Gasteiger partial charge in [0, 0.05) is 6.04 Å². The van der Waals surface area contributed by atoms with Crippen molar-refractivity contribution in [3.8, 4) is 0 Å². The molecule has 2 rings (SSSR count). The van der Waals surface area contributed by atoms with E-state index in [1.807, 2.05) is 0 Å². The summed E-state index contributed by atoms with van der Waals surface area (Å²) in [6, 6.07) is 9.69. The molecule has 1 heteroatoms. The lowest BCUT2D eigenvalue weighted by atomic mass is 9.92. The number of nitrogens with one attached hydrogen (secondary N) is 1. The summed E-state index contributed by atoms with van der Waals surface area (Å²) in [5.74, 6) is 0. The summed E-state index contributed by atoms with van der Waals surface area (Å²) < 4.78 is 0. The molecule has 1 aromatic carbocycles. The Bertz CT molecular complexity index is 402. The first-order valence-corrected chi connectivity index (χ1v) is 7.74. The molecule has 0 aromatic heterocycles. The number of allylic oxidation sites excluding steroid dienone is 1.